The van der Waals surface area contributed by atoms with E-state index in [2.05, 4.69) is 6.08 Å². The summed E-state index contributed by atoms with van der Waals surface area (Å²) in [7, 11) is 0. The molecular weight excluding hydrogens is 383 g/mol. The molecular formula is C24H23F5. The van der Waals surface area contributed by atoms with E-state index >= 15 is 0 Å². The van der Waals surface area contributed by atoms with Crippen LogP contribution in [-0.4, -0.2) is 0 Å². The Morgan fingerprint density at radius 3 is 2.34 bits per heavy atom. The van der Waals surface area contributed by atoms with Crippen LogP contribution in [0.5, 0.6) is 0 Å². The van der Waals surface area contributed by atoms with Crippen LogP contribution in [0.1, 0.15) is 60.3 Å². The lowest BCUT2D eigenvalue weighted by molar-refractivity contribution is -0.137. The van der Waals surface area contributed by atoms with Crippen molar-refractivity contribution in [3.8, 4) is 0 Å². The fraction of sp³-hybridized carbons (Fsp3) is 0.417. The third-order valence-corrected chi connectivity index (χ3v) is 6.63. The average Bonchev–Trinajstić information content (AvgIpc) is 2.67. The smallest absolute Gasteiger partial charge is 0.207 e. The van der Waals surface area contributed by atoms with E-state index in [-0.39, 0.29) is 23.7 Å². The fourth-order valence-corrected chi connectivity index (χ4v) is 5.48. The monoisotopic (exact) mass is 406 g/mol. The lowest BCUT2D eigenvalue weighted by Gasteiger charge is -2.46. The molecule has 2 aromatic carbocycles. The highest BCUT2D eigenvalue weighted by Crippen LogP contribution is 2.54. The summed E-state index contributed by atoms with van der Waals surface area (Å²) in [6.45, 7) is 1.94. The van der Waals surface area contributed by atoms with Crippen molar-refractivity contribution in [3.63, 3.8) is 0 Å². The van der Waals surface area contributed by atoms with Crippen LogP contribution in [0, 0.1) is 23.5 Å². The zero-order chi connectivity index (χ0) is 20.8. The lowest BCUT2D eigenvalue weighted by Crippen LogP contribution is -2.35. The molecule has 29 heavy (non-hydrogen) atoms. The molecule has 5 heteroatoms. The van der Waals surface area contributed by atoms with E-state index in [0.717, 1.165) is 48.6 Å². The van der Waals surface area contributed by atoms with Gasteiger partial charge in [0.1, 0.15) is 11.6 Å². The number of allylic oxidation sites excluding steroid dienone is 2. The summed E-state index contributed by atoms with van der Waals surface area (Å²) in [5.74, 6) is -0.638. The van der Waals surface area contributed by atoms with Crippen LogP contribution in [0.4, 0.5) is 22.0 Å². The Labute approximate surface area is 167 Å². The van der Waals surface area contributed by atoms with E-state index in [1.807, 2.05) is 13.0 Å². The molecule has 154 valence electrons. The first-order chi connectivity index (χ1) is 13.8. The maximum Gasteiger partial charge on any atom is 0.416 e. The van der Waals surface area contributed by atoms with Gasteiger partial charge in [-0.3, -0.25) is 0 Å². The molecule has 1 fully saturated rings. The molecule has 0 aliphatic heterocycles. The van der Waals surface area contributed by atoms with Gasteiger partial charge in [-0.15, -0.1) is 0 Å². The Bertz CT molecular complexity index is 910. The van der Waals surface area contributed by atoms with Crippen LogP contribution >= 0.6 is 0 Å². The van der Waals surface area contributed by atoms with Crippen LogP contribution in [0.3, 0.4) is 0 Å². The van der Waals surface area contributed by atoms with E-state index in [0.29, 0.717) is 12.0 Å². The summed E-state index contributed by atoms with van der Waals surface area (Å²) in [5.41, 5.74) is 1.56. The molecule has 0 aromatic heterocycles. The van der Waals surface area contributed by atoms with Crippen molar-refractivity contribution in [1.82, 2.24) is 0 Å². The second kappa shape index (κ2) is 7.58. The summed E-state index contributed by atoms with van der Waals surface area (Å²) in [5, 5.41) is 0. The molecule has 0 unspecified atom stereocenters. The normalized spacial score (nSPS) is 27.0. The standard InChI is InChI=1S/C24H23F5/c1-2-3-14-6-9-18-20(11-10-19-21(18)12-17(25)13-22(19)26)23(14)15-4-7-16(8-5-15)24(27,28)29/h2-5,7-8,12-14,18,20,23H,6,9-11H2,1H3/t14-,18-,20+,23-/m1/s1. The first-order valence-corrected chi connectivity index (χ1v) is 10.1. The van der Waals surface area contributed by atoms with Gasteiger partial charge in [-0.05, 0) is 91.2 Å². The molecule has 0 N–H and O–H groups in total. The first kappa shape index (κ1) is 20.1. The van der Waals surface area contributed by atoms with E-state index < -0.39 is 23.4 Å². The van der Waals surface area contributed by atoms with Crippen LogP contribution < -0.4 is 0 Å². The molecule has 1 saturated carbocycles. The van der Waals surface area contributed by atoms with Crippen molar-refractivity contribution in [1.29, 1.82) is 0 Å². The Morgan fingerprint density at radius 2 is 1.69 bits per heavy atom. The number of rotatable bonds is 2. The highest BCUT2D eigenvalue weighted by atomic mass is 19.4. The Kier molecular flexibility index (Phi) is 5.26. The number of alkyl halides is 3. The highest BCUT2D eigenvalue weighted by Gasteiger charge is 2.43. The Hall–Kier alpha value is -2.17. The van der Waals surface area contributed by atoms with Crippen molar-refractivity contribution >= 4 is 0 Å². The third-order valence-electron chi connectivity index (χ3n) is 6.63. The largest absolute Gasteiger partial charge is 0.416 e. The maximum atomic E-state index is 14.3. The summed E-state index contributed by atoms with van der Waals surface area (Å²) < 4.78 is 67.2. The summed E-state index contributed by atoms with van der Waals surface area (Å²) in [6, 6.07) is 7.83. The molecule has 0 bridgehead atoms. The van der Waals surface area contributed by atoms with Gasteiger partial charge >= 0.3 is 6.18 Å². The number of halogens is 5. The van der Waals surface area contributed by atoms with Gasteiger partial charge in [-0.2, -0.15) is 13.2 Å². The van der Waals surface area contributed by atoms with Gasteiger partial charge in [0, 0.05) is 6.07 Å². The number of fused-ring (bicyclic) bond motifs is 3. The van der Waals surface area contributed by atoms with Crippen molar-refractivity contribution in [2.45, 2.75) is 50.6 Å². The highest BCUT2D eigenvalue weighted by molar-refractivity contribution is 5.39. The van der Waals surface area contributed by atoms with Gasteiger partial charge in [0.2, 0.25) is 0 Å². The lowest BCUT2D eigenvalue weighted by atomic mass is 9.58. The van der Waals surface area contributed by atoms with Crippen molar-refractivity contribution < 1.29 is 22.0 Å². The van der Waals surface area contributed by atoms with Gasteiger partial charge in [0.05, 0.1) is 5.56 Å². The van der Waals surface area contributed by atoms with Crippen molar-refractivity contribution in [3.05, 3.63) is 82.4 Å². The first-order valence-electron chi connectivity index (χ1n) is 10.1. The minimum atomic E-state index is -4.37. The van der Waals surface area contributed by atoms with E-state index in [4.69, 9.17) is 0 Å². The molecule has 4 rings (SSSR count). The molecule has 0 heterocycles. The van der Waals surface area contributed by atoms with Gasteiger partial charge in [-0.1, -0.05) is 24.3 Å². The molecule has 0 spiro atoms. The molecule has 2 aliphatic rings. The SMILES string of the molecule is CC=C[C@@H]1CC[C@H]2c3cc(F)cc(F)c3CC[C@@H]2[C@H]1c1ccc(C(F)(F)F)cc1. The third kappa shape index (κ3) is 3.72. The second-order valence-corrected chi connectivity index (χ2v) is 8.18. The van der Waals surface area contributed by atoms with Gasteiger partial charge in [-0.25, -0.2) is 8.78 Å². The topological polar surface area (TPSA) is 0 Å². The van der Waals surface area contributed by atoms with Crippen LogP contribution in [0.15, 0.2) is 48.6 Å². The summed E-state index contributed by atoms with van der Waals surface area (Å²) >= 11 is 0. The average molecular weight is 406 g/mol. The molecule has 0 amide bonds. The number of hydrogen-bond acceptors (Lipinski definition) is 0. The molecule has 0 saturated heterocycles. The van der Waals surface area contributed by atoms with Crippen LogP contribution in [0.25, 0.3) is 0 Å². The molecule has 0 radical (unpaired) electrons. The molecule has 2 aliphatic carbocycles. The van der Waals surface area contributed by atoms with Crippen molar-refractivity contribution in [2.24, 2.45) is 11.8 Å². The zero-order valence-corrected chi connectivity index (χ0v) is 16.1. The predicted octanol–water partition coefficient (Wildman–Crippen LogP) is 7.40. The number of benzene rings is 2. The van der Waals surface area contributed by atoms with Gasteiger partial charge in [0.15, 0.2) is 0 Å². The molecule has 0 nitrogen and oxygen atoms in total. The van der Waals surface area contributed by atoms with Gasteiger partial charge in [0.25, 0.3) is 0 Å². The molecule has 4 atom stereocenters. The quantitative estimate of drug-likeness (QED) is 0.360. The fourth-order valence-electron chi connectivity index (χ4n) is 5.48. The van der Waals surface area contributed by atoms with E-state index in [9.17, 15) is 22.0 Å². The minimum Gasteiger partial charge on any atom is -0.207 e. The maximum absolute atomic E-state index is 14.3. The Balaban J connectivity index is 1.74. The number of hydrogen-bond donors (Lipinski definition) is 0. The molecule has 2 aromatic rings. The van der Waals surface area contributed by atoms with E-state index in [1.54, 1.807) is 12.1 Å². The predicted molar refractivity (Wildman–Crippen MR) is 103 cm³/mol. The van der Waals surface area contributed by atoms with Crippen LogP contribution in [0.2, 0.25) is 0 Å². The minimum absolute atomic E-state index is 0.0257. The van der Waals surface area contributed by atoms with Gasteiger partial charge < -0.3 is 0 Å². The second-order valence-electron chi connectivity index (χ2n) is 8.18. The van der Waals surface area contributed by atoms with Crippen LogP contribution in [-0.2, 0) is 12.6 Å². The van der Waals surface area contributed by atoms with Crippen molar-refractivity contribution in [2.75, 3.05) is 0 Å². The van der Waals surface area contributed by atoms with E-state index in [1.165, 1.54) is 6.07 Å². The summed E-state index contributed by atoms with van der Waals surface area (Å²) in [6.07, 6.45) is 2.69. The zero-order valence-electron chi connectivity index (χ0n) is 16.1. The Morgan fingerprint density at radius 1 is 0.966 bits per heavy atom. The summed E-state index contributed by atoms with van der Waals surface area (Å²) in [4.78, 5) is 0.